The standard InChI is InChI=1S/C18H23ClN2O3/c1-12-9-13(18(23)24)11-20(10-12)16-7-4-8-21(17(16)22)15-6-3-2-5-14(15)19/h2-3,5-6,12-13,16H,4,7-11H2,1H3,(H,23,24). The summed E-state index contributed by atoms with van der Waals surface area (Å²) in [6.45, 7) is 3.94. The molecule has 2 aliphatic rings. The van der Waals surface area contributed by atoms with Crippen LogP contribution in [0.1, 0.15) is 26.2 Å². The summed E-state index contributed by atoms with van der Waals surface area (Å²) in [6.07, 6.45) is 2.35. The highest BCUT2D eigenvalue weighted by Crippen LogP contribution is 2.32. The van der Waals surface area contributed by atoms with E-state index in [-0.39, 0.29) is 17.9 Å². The molecule has 2 saturated heterocycles. The lowest BCUT2D eigenvalue weighted by Gasteiger charge is -2.43. The second-order valence-electron chi connectivity index (χ2n) is 6.93. The van der Waals surface area contributed by atoms with Crippen molar-refractivity contribution in [1.82, 2.24) is 4.90 Å². The molecule has 2 aliphatic heterocycles. The summed E-state index contributed by atoms with van der Waals surface area (Å²) in [7, 11) is 0. The van der Waals surface area contributed by atoms with Crippen LogP contribution in [-0.4, -0.2) is 47.6 Å². The highest BCUT2D eigenvalue weighted by molar-refractivity contribution is 6.33. The van der Waals surface area contributed by atoms with Crippen LogP contribution in [0.25, 0.3) is 0 Å². The predicted molar refractivity (Wildman–Crippen MR) is 93.3 cm³/mol. The first-order valence-corrected chi connectivity index (χ1v) is 8.88. The average Bonchev–Trinajstić information content (AvgIpc) is 2.55. The van der Waals surface area contributed by atoms with Crippen molar-refractivity contribution in [3.05, 3.63) is 29.3 Å². The molecule has 0 saturated carbocycles. The molecule has 2 fully saturated rings. The minimum absolute atomic E-state index is 0.0348. The Bertz CT molecular complexity index is 636. The molecule has 1 aromatic carbocycles. The summed E-state index contributed by atoms with van der Waals surface area (Å²) >= 11 is 6.26. The zero-order valence-corrected chi connectivity index (χ0v) is 14.6. The zero-order valence-electron chi connectivity index (χ0n) is 13.8. The van der Waals surface area contributed by atoms with E-state index < -0.39 is 11.9 Å². The summed E-state index contributed by atoms with van der Waals surface area (Å²) in [5, 5.41) is 9.94. The van der Waals surface area contributed by atoms with E-state index in [1.54, 1.807) is 11.0 Å². The molecule has 3 unspecified atom stereocenters. The van der Waals surface area contributed by atoms with Crippen molar-refractivity contribution >= 4 is 29.2 Å². The van der Waals surface area contributed by atoms with Gasteiger partial charge in [-0.3, -0.25) is 14.5 Å². The number of benzene rings is 1. The first kappa shape index (κ1) is 17.2. The smallest absolute Gasteiger partial charge is 0.307 e. The van der Waals surface area contributed by atoms with Crippen LogP contribution in [0.3, 0.4) is 0 Å². The molecule has 0 bridgehead atoms. The molecule has 1 amide bonds. The number of hydrogen-bond acceptors (Lipinski definition) is 3. The van der Waals surface area contributed by atoms with E-state index in [1.165, 1.54) is 0 Å². The molecule has 1 N–H and O–H groups in total. The maximum atomic E-state index is 13.0. The van der Waals surface area contributed by atoms with Crippen LogP contribution in [0, 0.1) is 11.8 Å². The lowest BCUT2D eigenvalue weighted by atomic mass is 9.88. The van der Waals surface area contributed by atoms with Gasteiger partial charge in [-0.15, -0.1) is 0 Å². The third kappa shape index (κ3) is 3.42. The molecule has 24 heavy (non-hydrogen) atoms. The Morgan fingerprint density at radius 1 is 1.29 bits per heavy atom. The molecular weight excluding hydrogens is 328 g/mol. The number of rotatable bonds is 3. The Hall–Kier alpha value is -1.59. The van der Waals surface area contributed by atoms with Crippen LogP contribution in [0.2, 0.25) is 5.02 Å². The van der Waals surface area contributed by atoms with Gasteiger partial charge in [0, 0.05) is 19.6 Å². The molecule has 2 heterocycles. The number of carboxylic acids is 1. The van der Waals surface area contributed by atoms with Crippen LogP contribution in [-0.2, 0) is 9.59 Å². The van der Waals surface area contributed by atoms with E-state index in [0.29, 0.717) is 24.5 Å². The van der Waals surface area contributed by atoms with Gasteiger partial charge in [-0.05, 0) is 37.3 Å². The molecule has 3 rings (SSSR count). The van der Waals surface area contributed by atoms with Gasteiger partial charge in [-0.2, -0.15) is 0 Å². The summed E-state index contributed by atoms with van der Waals surface area (Å²) in [5.74, 6) is -0.842. The van der Waals surface area contributed by atoms with E-state index in [0.717, 1.165) is 25.1 Å². The number of nitrogens with zero attached hydrogens (tertiary/aromatic N) is 2. The average molecular weight is 351 g/mol. The number of anilines is 1. The number of carbonyl (C=O) groups is 2. The molecule has 0 spiro atoms. The fourth-order valence-electron chi connectivity index (χ4n) is 3.93. The van der Waals surface area contributed by atoms with Crippen molar-refractivity contribution in [2.45, 2.75) is 32.2 Å². The zero-order chi connectivity index (χ0) is 17.3. The molecule has 130 valence electrons. The van der Waals surface area contributed by atoms with Gasteiger partial charge in [0.25, 0.3) is 0 Å². The SMILES string of the molecule is CC1CC(C(=O)O)CN(C2CCCN(c3ccccc3Cl)C2=O)C1. The number of para-hydroxylation sites is 1. The maximum absolute atomic E-state index is 13.0. The van der Waals surface area contributed by atoms with E-state index >= 15 is 0 Å². The van der Waals surface area contributed by atoms with Crippen LogP contribution >= 0.6 is 11.6 Å². The van der Waals surface area contributed by atoms with E-state index in [2.05, 4.69) is 11.8 Å². The number of likely N-dealkylation sites (tertiary alicyclic amines) is 1. The highest BCUT2D eigenvalue weighted by Gasteiger charge is 2.39. The van der Waals surface area contributed by atoms with Gasteiger partial charge in [0.1, 0.15) is 0 Å². The fourth-order valence-corrected chi connectivity index (χ4v) is 4.17. The number of carbonyl (C=O) groups excluding carboxylic acids is 1. The van der Waals surface area contributed by atoms with Crippen molar-refractivity contribution in [1.29, 1.82) is 0 Å². The third-order valence-corrected chi connectivity index (χ3v) is 5.35. The lowest BCUT2D eigenvalue weighted by Crippen LogP contribution is -2.56. The van der Waals surface area contributed by atoms with Crippen LogP contribution in [0.15, 0.2) is 24.3 Å². The first-order valence-electron chi connectivity index (χ1n) is 8.50. The minimum atomic E-state index is -0.766. The number of carboxylic acid groups (broad SMARTS) is 1. The Labute approximate surface area is 147 Å². The summed E-state index contributed by atoms with van der Waals surface area (Å²) in [5.41, 5.74) is 0.744. The van der Waals surface area contributed by atoms with E-state index in [4.69, 9.17) is 11.6 Å². The second kappa shape index (κ2) is 7.11. The predicted octanol–water partition coefficient (Wildman–Crippen LogP) is 2.88. The van der Waals surface area contributed by atoms with Crippen LogP contribution in [0.5, 0.6) is 0 Å². The van der Waals surface area contributed by atoms with Gasteiger partial charge in [0.05, 0.1) is 22.7 Å². The Balaban J connectivity index is 1.80. The van der Waals surface area contributed by atoms with Crippen molar-refractivity contribution in [2.24, 2.45) is 11.8 Å². The Kier molecular flexibility index (Phi) is 5.11. The number of amides is 1. The minimum Gasteiger partial charge on any atom is -0.481 e. The largest absolute Gasteiger partial charge is 0.481 e. The van der Waals surface area contributed by atoms with Gasteiger partial charge < -0.3 is 10.0 Å². The third-order valence-electron chi connectivity index (χ3n) is 5.03. The molecule has 6 heteroatoms. The van der Waals surface area contributed by atoms with Gasteiger partial charge in [0.2, 0.25) is 5.91 Å². The number of aliphatic carboxylic acids is 1. The molecule has 0 aliphatic carbocycles. The van der Waals surface area contributed by atoms with Gasteiger partial charge in [-0.25, -0.2) is 0 Å². The number of piperidine rings is 2. The summed E-state index contributed by atoms with van der Waals surface area (Å²) < 4.78 is 0. The second-order valence-corrected chi connectivity index (χ2v) is 7.34. The van der Waals surface area contributed by atoms with Crippen molar-refractivity contribution in [3.8, 4) is 0 Å². The normalized spacial score (nSPS) is 28.8. The highest BCUT2D eigenvalue weighted by atomic mass is 35.5. The van der Waals surface area contributed by atoms with Crippen molar-refractivity contribution in [2.75, 3.05) is 24.5 Å². The fraction of sp³-hybridized carbons (Fsp3) is 0.556. The summed E-state index contributed by atoms with van der Waals surface area (Å²) in [6, 6.07) is 7.13. The monoisotopic (exact) mass is 350 g/mol. The molecule has 0 aromatic heterocycles. The van der Waals surface area contributed by atoms with Gasteiger partial charge in [0.15, 0.2) is 0 Å². The van der Waals surface area contributed by atoms with Gasteiger partial charge in [-0.1, -0.05) is 30.7 Å². The van der Waals surface area contributed by atoms with Crippen LogP contribution in [0.4, 0.5) is 5.69 Å². The molecule has 1 aromatic rings. The Morgan fingerprint density at radius 2 is 2.04 bits per heavy atom. The van der Waals surface area contributed by atoms with Crippen molar-refractivity contribution < 1.29 is 14.7 Å². The van der Waals surface area contributed by atoms with E-state index in [9.17, 15) is 14.7 Å². The molecular formula is C18H23ClN2O3. The number of hydrogen-bond donors (Lipinski definition) is 1. The molecule has 0 radical (unpaired) electrons. The summed E-state index contributed by atoms with van der Waals surface area (Å²) in [4.78, 5) is 28.3. The topological polar surface area (TPSA) is 60.9 Å². The van der Waals surface area contributed by atoms with Crippen LogP contribution < -0.4 is 4.90 Å². The Morgan fingerprint density at radius 3 is 2.75 bits per heavy atom. The molecule has 5 nitrogen and oxygen atoms in total. The quantitative estimate of drug-likeness (QED) is 0.910. The number of halogens is 1. The maximum Gasteiger partial charge on any atom is 0.307 e. The lowest BCUT2D eigenvalue weighted by molar-refractivity contribution is -0.146. The van der Waals surface area contributed by atoms with E-state index in [1.807, 2.05) is 18.2 Å². The van der Waals surface area contributed by atoms with Crippen molar-refractivity contribution in [3.63, 3.8) is 0 Å². The molecule has 3 atom stereocenters. The van der Waals surface area contributed by atoms with Gasteiger partial charge >= 0.3 is 5.97 Å². The first-order chi connectivity index (χ1) is 11.5.